The standard InChI is InChI=1S/C13H21NOS/c1-5-6-7-14(4)9-13(15)12-8-10(2)16-11(12)3/h8H,5-7,9H2,1-4H3. The van der Waals surface area contributed by atoms with Crippen molar-refractivity contribution < 1.29 is 4.79 Å². The molecule has 0 amide bonds. The van der Waals surface area contributed by atoms with E-state index in [4.69, 9.17) is 0 Å². The lowest BCUT2D eigenvalue weighted by atomic mass is 10.1. The number of Topliss-reactive ketones (excluding diaryl/α,β-unsaturated/α-hetero) is 1. The van der Waals surface area contributed by atoms with E-state index in [1.165, 1.54) is 11.3 Å². The predicted octanol–water partition coefficient (Wildman–Crippen LogP) is 3.28. The molecule has 0 aromatic carbocycles. The second-order valence-corrected chi connectivity index (χ2v) is 5.80. The van der Waals surface area contributed by atoms with Crippen LogP contribution in [0.1, 0.15) is 39.9 Å². The Balaban J connectivity index is 2.55. The van der Waals surface area contributed by atoms with Crippen LogP contribution in [0.5, 0.6) is 0 Å². The summed E-state index contributed by atoms with van der Waals surface area (Å²) in [5.41, 5.74) is 0.908. The van der Waals surface area contributed by atoms with Crippen molar-refractivity contribution in [2.24, 2.45) is 0 Å². The highest BCUT2D eigenvalue weighted by molar-refractivity contribution is 7.12. The molecular formula is C13H21NOS. The van der Waals surface area contributed by atoms with Gasteiger partial charge in [-0.1, -0.05) is 13.3 Å². The fourth-order valence-corrected chi connectivity index (χ4v) is 2.69. The molecule has 0 spiro atoms. The molecule has 0 bridgehead atoms. The van der Waals surface area contributed by atoms with E-state index in [9.17, 15) is 4.79 Å². The molecule has 16 heavy (non-hydrogen) atoms. The van der Waals surface area contributed by atoms with Crippen LogP contribution in [0.3, 0.4) is 0 Å². The van der Waals surface area contributed by atoms with Crippen LogP contribution in [0.15, 0.2) is 6.07 Å². The Kier molecular flexibility index (Phi) is 5.16. The summed E-state index contributed by atoms with van der Waals surface area (Å²) in [7, 11) is 2.02. The van der Waals surface area contributed by atoms with Crippen molar-refractivity contribution in [2.75, 3.05) is 20.1 Å². The topological polar surface area (TPSA) is 20.3 Å². The van der Waals surface area contributed by atoms with E-state index in [2.05, 4.69) is 18.7 Å². The van der Waals surface area contributed by atoms with Crippen molar-refractivity contribution in [1.29, 1.82) is 0 Å². The first kappa shape index (κ1) is 13.4. The predicted molar refractivity (Wildman–Crippen MR) is 70.5 cm³/mol. The highest BCUT2D eigenvalue weighted by Crippen LogP contribution is 2.21. The second kappa shape index (κ2) is 6.16. The first-order valence-electron chi connectivity index (χ1n) is 5.83. The molecule has 1 rings (SSSR count). The smallest absolute Gasteiger partial charge is 0.177 e. The number of likely N-dealkylation sites (N-methyl/N-ethyl adjacent to an activating group) is 1. The normalized spacial score (nSPS) is 11.1. The highest BCUT2D eigenvalue weighted by Gasteiger charge is 2.13. The number of ketones is 1. The number of carbonyl (C=O) groups excluding carboxylic acids is 1. The summed E-state index contributed by atoms with van der Waals surface area (Å²) in [5.74, 6) is 0.250. The van der Waals surface area contributed by atoms with Gasteiger partial charge in [0.05, 0.1) is 6.54 Å². The number of unbranched alkanes of at least 4 members (excludes halogenated alkanes) is 1. The lowest BCUT2D eigenvalue weighted by Gasteiger charge is -2.14. The molecule has 0 aliphatic carbocycles. The Morgan fingerprint density at radius 3 is 2.62 bits per heavy atom. The quantitative estimate of drug-likeness (QED) is 0.710. The van der Waals surface area contributed by atoms with Crippen molar-refractivity contribution >= 4 is 17.1 Å². The molecule has 0 aliphatic rings. The Hall–Kier alpha value is -0.670. The largest absolute Gasteiger partial charge is 0.299 e. The van der Waals surface area contributed by atoms with Gasteiger partial charge in [0.15, 0.2) is 5.78 Å². The van der Waals surface area contributed by atoms with Crippen molar-refractivity contribution in [3.8, 4) is 0 Å². The van der Waals surface area contributed by atoms with Crippen LogP contribution in [-0.4, -0.2) is 30.8 Å². The monoisotopic (exact) mass is 239 g/mol. The number of hydrogen-bond donors (Lipinski definition) is 0. The zero-order chi connectivity index (χ0) is 12.1. The average Bonchev–Trinajstić information content (AvgIpc) is 2.54. The number of thiophene rings is 1. The maximum Gasteiger partial charge on any atom is 0.177 e. The SMILES string of the molecule is CCCCN(C)CC(=O)c1cc(C)sc1C. The van der Waals surface area contributed by atoms with E-state index >= 15 is 0 Å². The van der Waals surface area contributed by atoms with Gasteiger partial charge >= 0.3 is 0 Å². The molecule has 0 radical (unpaired) electrons. The van der Waals surface area contributed by atoms with Crippen LogP contribution < -0.4 is 0 Å². The molecule has 3 heteroatoms. The Morgan fingerprint density at radius 2 is 2.12 bits per heavy atom. The molecule has 0 N–H and O–H groups in total. The van der Waals surface area contributed by atoms with E-state index in [1.54, 1.807) is 11.3 Å². The minimum absolute atomic E-state index is 0.250. The van der Waals surface area contributed by atoms with Gasteiger partial charge in [-0.25, -0.2) is 0 Å². The number of aryl methyl sites for hydroxylation is 2. The van der Waals surface area contributed by atoms with Crippen molar-refractivity contribution in [3.63, 3.8) is 0 Å². The van der Waals surface area contributed by atoms with Gasteiger partial charge in [-0.3, -0.25) is 9.69 Å². The molecule has 0 saturated heterocycles. The lowest BCUT2D eigenvalue weighted by molar-refractivity contribution is 0.0945. The van der Waals surface area contributed by atoms with Gasteiger partial charge in [-0.2, -0.15) is 0 Å². The summed E-state index contributed by atoms with van der Waals surface area (Å²) in [5, 5.41) is 0. The Morgan fingerprint density at radius 1 is 1.44 bits per heavy atom. The summed E-state index contributed by atoms with van der Waals surface area (Å²) in [6.45, 7) is 7.79. The summed E-state index contributed by atoms with van der Waals surface area (Å²) >= 11 is 1.70. The molecule has 0 unspecified atom stereocenters. The lowest BCUT2D eigenvalue weighted by Crippen LogP contribution is -2.27. The summed E-state index contributed by atoms with van der Waals surface area (Å²) in [4.78, 5) is 16.5. The molecule has 0 aliphatic heterocycles. The Bertz CT molecular complexity index is 357. The molecule has 0 saturated carbocycles. The first-order chi connectivity index (χ1) is 7.54. The number of hydrogen-bond acceptors (Lipinski definition) is 3. The van der Waals surface area contributed by atoms with Crippen molar-refractivity contribution in [3.05, 3.63) is 21.4 Å². The van der Waals surface area contributed by atoms with Crippen LogP contribution in [0, 0.1) is 13.8 Å². The fourth-order valence-electron chi connectivity index (χ4n) is 1.75. The van der Waals surface area contributed by atoms with Gasteiger partial charge in [0.1, 0.15) is 0 Å². The molecule has 2 nitrogen and oxygen atoms in total. The summed E-state index contributed by atoms with van der Waals surface area (Å²) in [6.07, 6.45) is 2.33. The molecule has 1 aromatic heterocycles. The van der Waals surface area contributed by atoms with Gasteiger partial charge < -0.3 is 0 Å². The minimum atomic E-state index is 0.250. The summed E-state index contributed by atoms with van der Waals surface area (Å²) < 4.78 is 0. The zero-order valence-corrected chi connectivity index (χ0v) is 11.5. The van der Waals surface area contributed by atoms with Crippen LogP contribution in [0.25, 0.3) is 0 Å². The van der Waals surface area contributed by atoms with Crippen molar-refractivity contribution in [1.82, 2.24) is 4.90 Å². The molecule has 0 atom stereocenters. The van der Waals surface area contributed by atoms with E-state index in [-0.39, 0.29) is 5.78 Å². The van der Waals surface area contributed by atoms with Crippen LogP contribution >= 0.6 is 11.3 Å². The fraction of sp³-hybridized carbons (Fsp3) is 0.615. The van der Waals surface area contributed by atoms with E-state index in [0.29, 0.717) is 6.54 Å². The van der Waals surface area contributed by atoms with Gasteiger partial charge in [-0.05, 0) is 39.9 Å². The molecular weight excluding hydrogens is 218 g/mol. The molecule has 0 fully saturated rings. The second-order valence-electron chi connectivity index (χ2n) is 4.34. The van der Waals surface area contributed by atoms with Gasteiger partial charge in [0.2, 0.25) is 0 Å². The van der Waals surface area contributed by atoms with Gasteiger partial charge in [0, 0.05) is 15.3 Å². The number of carbonyl (C=O) groups is 1. The minimum Gasteiger partial charge on any atom is -0.299 e. The molecule has 1 heterocycles. The first-order valence-corrected chi connectivity index (χ1v) is 6.65. The average molecular weight is 239 g/mol. The molecule has 1 aromatic rings. The third-order valence-electron chi connectivity index (χ3n) is 2.65. The van der Waals surface area contributed by atoms with Crippen LogP contribution in [-0.2, 0) is 0 Å². The molecule has 90 valence electrons. The third-order valence-corrected chi connectivity index (χ3v) is 3.61. The Labute approximate surface area is 102 Å². The number of nitrogens with zero attached hydrogens (tertiary/aromatic N) is 1. The van der Waals surface area contributed by atoms with Gasteiger partial charge in [0.25, 0.3) is 0 Å². The maximum atomic E-state index is 12.0. The third kappa shape index (κ3) is 3.72. The van der Waals surface area contributed by atoms with E-state index in [1.807, 2.05) is 20.0 Å². The van der Waals surface area contributed by atoms with Gasteiger partial charge in [-0.15, -0.1) is 11.3 Å². The van der Waals surface area contributed by atoms with Crippen LogP contribution in [0.4, 0.5) is 0 Å². The highest BCUT2D eigenvalue weighted by atomic mass is 32.1. The van der Waals surface area contributed by atoms with Crippen LogP contribution in [0.2, 0.25) is 0 Å². The zero-order valence-electron chi connectivity index (χ0n) is 10.7. The van der Waals surface area contributed by atoms with Crippen molar-refractivity contribution in [2.45, 2.75) is 33.6 Å². The summed E-state index contributed by atoms with van der Waals surface area (Å²) in [6, 6.07) is 2.01. The van der Waals surface area contributed by atoms with E-state index in [0.717, 1.165) is 23.4 Å². The number of rotatable bonds is 6. The van der Waals surface area contributed by atoms with E-state index < -0.39 is 0 Å². The maximum absolute atomic E-state index is 12.0.